The average Bonchev–Trinajstić information content (AvgIpc) is 2.13. The van der Waals surface area contributed by atoms with Crippen molar-refractivity contribution in [3.05, 3.63) is 39.5 Å². The van der Waals surface area contributed by atoms with Gasteiger partial charge >= 0.3 is 0 Å². The smallest absolute Gasteiger partial charge is 0.0737 e. The van der Waals surface area contributed by atoms with Crippen molar-refractivity contribution in [3.8, 4) is 0 Å². The molecule has 0 saturated carbocycles. The monoisotopic (exact) mass is 268 g/mol. The van der Waals surface area contributed by atoms with Crippen molar-refractivity contribution in [3.63, 3.8) is 0 Å². The van der Waals surface area contributed by atoms with Crippen LogP contribution in [0.25, 0.3) is 10.9 Å². The van der Waals surface area contributed by atoms with Gasteiger partial charge in [0.15, 0.2) is 0 Å². The van der Waals surface area contributed by atoms with Crippen molar-refractivity contribution in [1.82, 2.24) is 4.98 Å². The summed E-state index contributed by atoms with van der Waals surface area (Å²) >= 11 is 12.2. The van der Waals surface area contributed by atoms with Crippen molar-refractivity contribution in [1.29, 1.82) is 0 Å². The first-order chi connectivity index (χ1) is 7.97. The maximum absolute atomic E-state index is 6.24. The number of fused-ring (bicyclic) bond motifs is 1. The third-order valence-electron chi connectivity index (χ3n) is 2.58. The molecule has 0 spiro atoms. The van der Waals surface area contributed by atoms with E-state index in [2.05, 4.69) is 4.98 Å². The summed E-state index contributed by atoms with van der Waals surface area (Å²) in [4.78, 5) is 4.46. The lowest BCUT2D eigenvalue weighted by Gasteiger charge is -2.11. The molecule has 0 bridgehead atoms. The van der Waals surface area contributed by atoms with E-state index in [4.69, 9.17) is 28.9 Å². The lowest BCUT2D eigenvalue weighted by molar-refractivity contribution is 0.740. The number of benzene rings is 1. The molecule has 1 atom stereocenters. The van der Waals surface area contributed by atoms with Gasteiger partial charge in [-0.3, -0.25) is 4.98 Å². The van der Waals surface area contributed by atoms with Crippen LogP contribution in [-0.2, 0) is 6.42 Å². The third-order valence-corrected chi connectivity index (χ3v) is 3.09. The van der Waals surface area contributed by atoms with E-state index in [1.807, 2.05) is 26.0 Å². The number of nitrogens with two attached hydrogens (primary N) is 1. The molecule has 1 aromatic carbocycles. The van der Waals surface area contributed by atoms with Crippen molar-refractivity contribution in [2.75, 3.05) is 0 Å². The zero-order chi connectivity index (χ0) is 12.6. The Labute approximate surface area is 111 Å². The molecule has 0 aliphatic heterocycles. The van der Waals surface area contributed by atoms with Crippen LogP contribution in [0.4, 0.5) is 0 Å². The predicted octanol–water partition coefficient (Wildman–Crippen LogP) is 3.74. The van der Waals surface area contributed by atoms with E-state index in [0.717, 1.165) is 28.6 Å². The van der Waals surface area contributed by atoms with Crippen LogP contribution in [-0.4, -0.2) is 11.0 Å². The molecule has 2 N–H and O–H groups in total. The zero-order valence-electron chi connectivity index (χ0n) is 9.80. The summed E-state index contributed by atoms with van der Waals surface area (Å²) in [6.45, 7) is 3.93. The summed E-state index contributed by atoms with van der Waals surface area (Å²) in [5.74, 6) is 0. The second-order valence-corrected chi connectivity index (χ2v) is 5.23. The fraction of sp³-hybridized carbons (Fsp3) is 0.308. The Morgan fingerprint density at radius 1 is 1.29 bits per heavy atom. The highest BCUT2D eigenvalue weighted by Crippen LogP contribution is 2.30. The molecule has 0 amide bonds. The minimum Gasteiger partial charge on any atom is -0.328 e. The predicted molar refractivity (Wildman–Crippen MR) is 73.9 cm³/mol. The Hall–Kier alpha value is -0.830. The lowest BCUT2D eigenvalue weighted by atomic mass is 10.0. The maximum Gasteiger partial charge on any atom is 0.0737 e. The Balaban J connectivity index is 2.73. The number of halogens is 2. The zero-order valence-corrected chi connectivity index (χ0v) is 11.3. The van der Waals surface area contributed by atoms with E-state index in [0.29, 0.717) is 10.0 Å². The van der Waals surface area contributed by atoms with Crippen molar-refractivity contribution < 1.29 is 0 Å². The van der Waals surface area contributed by atoms with Crippen LogP contribution >= 0.6 is 23.2 Å². The second-order valence-electron chi connectivity index (χ2n) is 4.39. The molecule has 17 heavy (non-hydrogen) atoms. The highest BCUT2D eigenvalue weighted by molar-refractivity contribution is 6.38. The Morgan fingerprint density at radius 2 is 2.00 bits per heavy atom. The molecule has 0 radical (unpaired) electrons. The van der Waals surface area contributed by atoms with Crippen molar-refractivity contribution >= 4 is 34.1 Å². The Kier molecular flexibility index (Phi) is 3.57. The molecule has 0 aliphatic rings. The molecule has 90 valence electrons. The SMILES string of the molecule is Cc1cc(CC(C)N)c2c(Cl)cc(Cl)cc2n1. The van der Waals surface area contributed by atoms with E-state index >= 15 is 0 Å². The van der Waals surface area contributed by atoms with Crippen LogP contribution in [0.3, 0.4) is 0 Å². The molecule has 1 heterocycles. The summed E-state index contributed by atoms with van der Waals surface area (Å²) in [7, 11) is 0. The molecule has 2 nitrogen and oxygen atoms in total. The summed E-state index contributed by atoms with van der Waals surface area (Å²) in [6, 6.07) is 5.70. The molecular formula is C13H14Cl2N2. The molecule has 0 saturated heterocycles. The number of rotatable bonds is 2. The van der Waals surface area contributed by atoms with Crippen LogP contribution in [0.5, 0.6) is 0 Å². The van der Waals surface area contributed by atoms with Gasteiger partial charge in [-0.25, -0.2) is 0 Å². The maximum atomic E-state index is 6.24. The minimum absolute atomic E-state index is 0.0896. The number of hydrogen-bond acceptors (Lipinski definition) is 2. The molecule has 4 heteroatoms. The van der Waals surface area contributed by atoms with E-state index < -0.39 is 0 Å². The first-order valence-electron chi connectivity index (χ1n) is 5.48. The van der Waals surface area contributed by atoms with Gasteiger partial charge in [-0.15, -0.1) is 0 Å². The fourth-order valence-electron chi connectivity index (χ4n) is 2.02. The van der Waals surface area contributed by atoms with Crippen molar-refractivity contribution in [2.24, 2.45) is 5.73 Å². The number of aromatic nitrogens is 1. The first kappa shape index (κ1) is 12.6. The van der Waals surface area contributed by atoms with Gasteiger partial charge < -0.3 is 5.73 Å². The lowest BCUT2D eigenvalue weighted by Crippen LogP contribution is -2.18. The van der Waals surface area contributed by atoms with Gasteiger partial charge in [-0.1, -0.05) is 23.2 Å². The van der Waals surface area contributed by atoms with E-state index in [-0.39, 0.29) is 6.04 Å². The summed E-state index contributed by atoms with van der Waals surface area (Å²) in [5.41, 5.74) is 8.77. The number of pyridine rings is 1. The van der Waals surface area contributed by atoms with Crippen LogP contribution < -0.4 is 5.73 Å². The van der Waals surface area contributed by atoms with Gasteiger partial charge in [0.05, 0.1) is 10.5 Å². The van der Waals surface area contributed by atoms with Crippen LogP contribution in [0.15, 0.2) is 18.2 Å². The van der Waals surface area contributed by atoms with Gasteiger partial charge in [0.25, 0.3) is 0 Å². The summed E-state index contributed by atoms with van der Waals surface area (Å²) in [5, 5.41) is 2.20. The molecule has 1 unspecified atom stereocenters. The van der Waals surface area contributed by atoms with Gasteiger partial charge in [0, 0.05) is 22.1 Å². The van der Waals surface area contributed by atoms with Crippen LogP contribution in [0, 0.1) is 6.92 Å². The highest BCUT2D eigenvalue weighted by atomic mass is 35.5. The minimum atomic E-state index is 0.0896. The molecule has 0 fully saturated rings. The van der Waals surface area contributed by atoms with E-state index in [1.54, 1.807) is 6.07 Å². The average molecular weight is 269 g/mol. The van der Waals surface area contributed by atoms with Crippen LogP contribution in [0.2, 0.25) is 10.0 Å². The van der Waals surface area contributed by atoms with E-state index in [9.17, 15) is 0 Å². The van der Waals surface area contributed by atoms with Crippen molar-refractivity contribution in [2.45, 2.75) is 26.3 Å². The molecular weight excluding hydrogens is 255 g/mol. The quantitative estimate of drug-likeness (QED) is 0.901. The fourth-order valence-corrected chi connectivity index (χ4v) is 2.62. The molecule has 2 aromatic rings. The van der Waals surface area contributed by atoms with Crippen LogP contribution in [0.1, 0.15) is 18.2 Å². The molecule has 1 aromatic heterocycles. The van der Waals surface area contributed by atoms with E-state index in [1.165, 1.54) is 0 Å². The van der Waals surface area contributed by atoms with Gasteiger partial charge in [-0.05, 0) is 44.0 Å². The third kappa shape index (κ3) is 2.71. The molecule has 0 aliphatic carbocycles. The Morgan fingerprint density at radius 3 is 2.65 bits per heavy atom. The van der Waals surface area contributed by atoms with Gasteiger partial charge in [-0.2, -0.15) is 0 Å². The largest absolute Gasteiger partial charge is 0.328 e. The molecule has 2 rings (SSSR count). The normalized spacial score (nSPS) is 13.0. The standard InChI is InChI=1S/C13H14Cl2N2/c1-7(16)3-9-4-8(2)17-12-6-10(14)5-11(15)13(9)12/h4-7H,3,16H2,1-2H3. The highest BCUT2D eigenvalue weighted by Gasteiger charge is 2.10. The summed E-state index contributed by atoms with van der Waals surface area (Å²) in [6.07, 6.45) is 0.779. The second kappa shape index (κ2) is 4.81. The first-order valence-corrected chi connectivity index (χ1v) is 6.24. The number of nitrogens with zero attached hydrogens (tertiary/aromatic N) is 1. The van der Waals surface area contributed by atoms with Gasteiger partial charge in [0.1, 0.15) is 0 Å². The Bertz CT molecular complexity index is 560. The number of aryl methyl sites for hydroxylation is 1. The summed E-state index contributed by atoms with van der Waals surface area (Å²) < 4.78 is 0. The van der Waals surface area contributed by atoms with Gasteiger partial charge in [0.2, 0.25) is 0 Å². The topological polar surface area (TPSA) is 38.9 Å². The number of hydrogen-bond donors (Lipinski definition) is 1.